The van der Waals surface area contributed by atoms with E-state index in [1.807, 2.05) is 133 Å². The summed E-state index contributed by atoms with van der Waals surface area (Å²) in [6.45, 7) is -11.2. The van der Waals surface area contributed by atoms with E-state index in [1.165, 1.54) is 6.07 Å². The van der Waals surface area contributed by atoms with Crippen LogP contribution in [0.5, 0.6) is 11.5 Å². The zero-order valence-electron chi connectivity index (χ0n) is 48.7. The second kappa shape index (κ2) is 14.5. The summed E-state index contributed by atoms with van der Waals surface area (Å²) in [5, 5.41) is 3.30. The zero-order chi connectivity index (χ0) is 56.2. The maximum atomic E-state index is 9.16. The molecule has 1 aliphatic heterocycles. The van der Waals surface area contributed by atoms with E-state index in [0.29, 0.717) is 44.7 Å². The standard InChI is InChI=1S/C61H46N6OSi/c1-39-20-17-33-52-56(39)62-60-65(49-30-13-14-31-50(49)66(52)60)42-36-40(2)57-53(38-42)67-51-32-15-12-29-48(51)64(59(67)63-57)41-21-18-26-45(37-41)69(43-22-7-5-8-23-43,44-24-9-6-10-25-44)55-35-19-28-47-58(55)68-54-34-16-11-27-46(54)61(47,3)4/h5-38H,1-4H3/i1D3,2D3,3D3,4D3. The van der Waals surface area contributed by atoms with E-state index in [1.54, 1.807) is 48.5 Å². The number of benzene rings is 9. The van der Waals surface area contributed by atoms with E-state index in [4.69, 9.17) is 31.2 Å². The van der Waals surface area contributed by atoms with E-state index in [2.05, 4.69) is 36.4 Å². The van der Waals surface area contributed by atoms with Gasteiger partial charge in [0.2, 0.25) is 11.6 Å². The molecule has 0 N–H and O–H groups in total. The normalized spacial score (nSPS) is 16.8. The van der Waals surface area contributed by atoms with Gasteiger partial charge in [-0.05, 0) is 106 Å². The monoisotopic (exact) mass is 918 g/mol. The van der Waals surface area contributed by atoms with Crippen molar-refractivity contribution in [1.82, 2.24) is 27.9 Å². The topological polar surface area (TPSA) is 53.7 Å². The molecule has 0 saturated heterocycles. The number of fused-ring (bicyclic) bond motifs is 12. The molecule has 1 aliphatic rings. The molecule has 0 bridgehead atoms. The Kier molecular flexibility index (Phi) is 6.17. The molecule has 7 nitrogen and oxygen atoms in total. The van der Waals surface area contributed by atoms with Crippen molar-refractivity contribution in [2.24, 2.45) is 0 Å². The van der Waals surface area contributed by atoms with Crippen LogP contribution in [-0.2, 0) is 5.41 Å². The number of imidazole rings is 4. The minimum Gasteiger partial charge on any atom is -0.457 e. The third kappa shape index (κ3) is 5.43. The van der Waals surface area contributed by atoms with Gasteiger partial charge in [0, 0.05) is 38.7 Å². The van der Waals surface area contributed by atoms with E-state index >= 15 is 0 Å². The van der Waals surface area contributed by atoms with Gasteiger partial charge in [-0.25, -0.2) is 9.97 Å². The molecule has 9 aromatic carbocycles. The number of nitrogens with zero attached hydrogens (tertiary/aromatic N) is 6. The molecule has 0 spiro atoms. The van der Waals surface area contributed by atoms with Crippen LogP contribution in [0.4, 0.5) is 0 Å². The number of aryl methyl sites for hydroxylation is 2. The van der Waals surface area contributed by atoms with Crippen LogP contribution in [-0.4, -0.2) is 36.0 Å². The van der Waals surface area contributed by atoms with Crippen molar-refractivity contribution in [2.75, 3.05) is 0 Å². The molecule has 8 heteroatoms. The summed E-state index contributed by atoms with van der Waals surface area (Å²) in [7, 11) is -3.79. The van der Waals surface area contributed by atoms with Crippen LogP contribution in [0.1, 0.15) is 52.4 Å². The molecule has 0 saturated carbocycles. The van der Waals surface area contributed by atoms with Crippen LogP contribution in [0.15, 0.2) is 206 Å². The molecule has 13 aromatic rings. The van der Waals surface area contributed by atoms with E-state index in [-0.39, 0.29) is 39.3 Å². The van der Waals surface area contributed by atoms with Crippen molar-refractivity contribution in [2.45, 2.75) is 32.8 Å². The lowest BCUT2D eigenvalue weighted by atomic mass is 9.76. The molecule has 330 valence electrons. The molecule has 5 heterocycles. The van der Waals surface area contributed by atoms with Gasteiger partial charge in [-0.15, -0.1) is 0 Å². The number of hydrogen-bond donors (Lipinski definition) is 0. The van der Waals surface area contributed by atoms with Gasteiger partial charge in [-0.1, -0.05) is 159 Å². The molecular formula is C61H46N6OSi. The second-order valence-corrected chi connectivity index (χ2v) is 21.5. The van der Waals surface area contributed by atoms with Gasteiger partial charge < -0.3 is 4.74 Å². The fraction of sp³-hybridized carbons (Fsp3) is 0.0820. The van der Waals surface area contributed by atoms with Gasteiger partial charge in [-0.3, -0.25) is 17.9 Å². The van der Waals surface area contributed by atoms with Crippen LogP contribution < -0.4 is 25.5 Å². The molecule has 0 aliphatic carbocycles. The average Bonchev–Trinajstić information content (AvgIpc) is 2.03. The fourth-order valence-electron chi connectivity index (χ4n) is 11.1. The Balaban J connectivity index is 1.06. The molecule has 69 heavy (non-hydrogen) atoms. The maximum Gasteiger partial charge on any atom is 0.220 e. The van der Waals surface area contributed by atoms with Crippen LogP contribution in [0.2, 0.25) is 0 Å². The number of hydrogen-bond acceptors (Lipinski definition) is 3. The Morgan fingerprint density at radius 1 is 0.449 bits per heavy atom. The van der Waals surface area contributed by atoms with Crippen molar-refractivity contribution in [1.29, 1.82) is 0 Å². The first-order valence-electron chi connectivity index (χ1n) is 28.8. The Morgan fingerprint density at radius 2 is 1.00 bits per heavy atom. The number of rotatable bonds is 6. The number of para-hydroxylation sites is 7. The van der Waals surface area contributed by atoms with Gasteiger partial charge in [-0.2, -0.15) is 0 Å². The Hall–Kier alpha value is -8.46. The lowest BCUT2D eigenvalue weighted by molar-refractivity contribution is 0.421. The summed E-state index contributed by atoms with van der Waals surface area (Å²) in [6, 6.07) is 63.9. The summed E-state index contributed by atoms with van der Waals surface area (Å²) in [5.41, 5.74) is 3.51. The van der Waals surface area contributed by atoms with E-state index in [9.17, 15) is 0 Å². The summed E-state index contributed by atoms with van der Waals surface area (Å²) >= 11 is 0. The third-order valence-electron chi connectivity index (χ3n) is 14.1. The molecule has 0 amide bonds. The summed E-state index contributed by atoms with van der Waals surface area (Å²) < 4.78 is 122. The quantitative estimate of drug-likeness (QED) is 0.123. The highest BCUT2D eigenvalue weighted by atomic mass is 28.3. The van der Waals surface area contributed by atoms with Crippen molar-refractivity contribution in [3.63, 3.8) is 0 Å². The van der Waals surface area contributed by atoms with Crippen molar-refractivity contribution >= 4 is 84.5 Å². The van der Waals surface area contributed by atoms with Crippen molar-refractivity contribution in [3.8, 4) is 22.9 Å². The van der Waals surface area contributed by atoms with Crippen LogP contribution in [0.25, 0.3) is 67.1 Å². The highest BCUT2D eigenvalue weighted by Crippen LogP contribution is 2.47. The van der Waals surface area contributed by atoms with Gasteiger partial charge in [0.15, 0.2) is 8.07 Å². The van der Waals surface area contributed by atoms with Gasteiger partial charge in [0.1, 0.15) is 11.5 Å². The van der Waals surface area contributed by atoms with Crippen molar-refractivity contribution < 1.29 is 21.2 Å². The first-order valence-corrected chi connectivity index (χ1v) is 24.8. The molecule has 0 atom stereocenters. The van der Waals surface area contributed by atoms with Gasteiger partial charge in [0.25, 0.3) is 0 Å². The first kappa shape index (κ1) is 29.3. The lowest BCUT2D eigenvalue weighted by Gasteiger charge is -2.40. The Bertz CT molecular complexity index is 4650. The maximum absolute atomic E-state index is 9.16. The summed E-state index contributed by atoms with van der Waals surface area (Å²) in [5.74, 6) is 1.14. The van der Waals surface area contributed by atoms with Crippen molar-refractivity contribution in [3.05, 3.63) is 229 Å². The zero-order valence-corrected chi connectivity index (χ0v) is 37.7. The van der Waals surface area contributed by atoms with Gasteiger partial charge >= 0.3 is 0 Å². The third-order valence-corrected chi connectivity index (χ3v) is 18.8. The second-order valence-electron chi connectivity index (χ2n) is 17.7. The summed E-state index contributed by atoms with van der Waals surface area (Å²) in [6.07, 6.45) is 0. The molecule has 0 fully saturated rings. The molecule has 0 unspecified atom stereocenters. The molecular weight excluding hydrogens is 861 g/mol. The summed E-state index contributed by atoms with van der Waals surface area (Å²) in [4.78, 5) is 10.3. The van der Waals surface area contributed by atoms with Crippen LogP contribution in [0.3, 0.4) is 0 Å². The van der Waals surface area contributed by atoms with Crippen LogP contribution >= 0.6 is 0 Å². The Morgan fingerprint density at radius 3 is 1.70 bits per heavy atom. The highest BCUT2D eigenvalue weighted by Gasteiger charge is 2.47. The fourth-order valence-corrected chi connectivity index (χ4v) is 16.0. The predicted octanol–water partition coefficient (Wildman–Crippen LogP) is 11.6. The lowest BCUT2D eigenvalue weighted by Crippen LogP contribution is -2.75. The largest absolute Gasteiger partial charge is 0.457 e. The smallest absolute Gasteiger partial charge is 0.220 e. The molecule has 4 aromatic heterocycles. The SMILES string of the molecule is [2H]C([2H])([2H])c1cccc2c1nc1n(-c3cc(C([2H])([2H])[2H])c4nc5n(-c6cccc([Si](c7ccccc7)(c7ccccc7)c7cccc8c7Oc7ccccc7C8(C([2H])([2H])[2H])C([2H])([2H])[2H])c6)c6ccccc6n5c4c3)c3ccccc3n21. The number of aromatic nitrogens is 6. The minimum atomic E-state index is -3.79. The van der Waals surface area contributed by atoms with Crippen LogP contribution in [0, 0.1) is 13.7 Å². The first-order chi connectivity index (χ1) is 38.7. The average molecular weight is 919 g/mol. The predicted molar refractivity (Wildman–Crippen MR) is 284 cm³/mol. The molecule has 14 rings (SSSR count). The Labute approximate surface area is 416 Å². The molecule has 0 radical (unpaired) electrons. The van der Waals surface area contributed by atoms with E-state index in [0.717, 1.165) is 37.6 Å². The van der Waals surface area contributed by atoms with E-state index < -0.39 is 40.9 Å². The number of ether oxygens (including phenoxy) is 1. The van der Waals surface area contributed by atoms with Gasteiger partial charge in [0.05, 0.1) is 49.8 Å². The highest BCUT2D eigenvalue weighted by molar-refractivity contribution is 7.20. The minimum absolute atomic E-state index is 0.00139.